The molecular formula is C14H16BrN3O. The predicted molar refractivity (Wildman–Crippen MR) is 76.6 cm³/mol. The zero-order chi connectivity index (χ0) is 13.4. The molecule has 1 heterocycles. The Bertz CT molecular complexity index is 596. The lowest BCUT2D eigenvalue weighted by Crippen LogP contribution is -2.32. The minimum Gasteiger partial charge on any atom is -0.387 e. The maximum absolute atomic E-state index is 10.3. The molecule has 4 nitrogen and oxygen atoms in total. The van der Waals surface area contributed by atoms with Crippen molar-refractivity contribution in [1.82, 2.24) is 15.1 Å². The highest BCUT2D eigenvalue weighted by Crippen LogP contribution is 2.31. The average Bonchev–Trinajstić information content (AvgIpc) is 2.88. The highest BCUT2D eigenvalue weighted by atomic mass is 79.9. The lowest BCUT2D eigenvalue weighted by atomic mass is 10.1. The molecule has 1 aromatic heterocycles. The van der Waals surface area contributed by atoms with Crippen LogP contribution < -0.4 is 5.32 Å². The summed E-state index contributed by atoms with van der Waals surface area (Å²) in [6.45, 7) is 0.650. The minimum absolute atomic E-state index is 0.0614. The van der Waals surface area contributed by atoms with Crippen molar-refractivity contribution >= 4 is 15.9 Å². The van der Waals surface area contributed by atoms with E-state index in [-0.39, 0.29) is 6.04 Å². The van der Waals surface area contributed by atoms with E-state index < -0.39 is 6.10 Å². The molecule has 0 bridgehead atoms. The molecule has 0 aliphatic heterocycles. The minimum atomic E-state index is -0.432. The second kappa shape index (κ2) is 5.07. The lowest BCUT2D eigenvalue weighted by Gasteiger charge is -2.16. The molecule has 0 saturated carbocycles. The van der Waals surface area contributed by atoms with Crippen molar-refractivity contribution in [3.63, 3.8) is 0 Å². The van der Waals surface area contributed by atoms with Gasteiger partial charge in [-0.1, -0.05) is 24.3 Å². The summed E-state index contributed by atoms with van der Waals surface area (Å²) >= 11 is 3.48. The largest absolute Gasteiger partial charge is 0.387 e. The van der Waals surface area contributed by atoms with Crippen molar-refractivity contribution in [1.29, 1.82) is 0 Å². The Balaban J connectivity index is 1.68. The zero-order valence-electron chi connectivity index (χ0n) is 10.7. The van der Waals surface area contributed by atoms with E-state index >= 15 is 0 Å². The fourth-order valence-corrected chi connectivity index (χ4v) is 3.13. The van der Waals surface area contributed by atoms with Crippen molar-refractivity contribution in [2.45, 2.75) is 25.1 Å². The molecule has 0 fully saturated rings. The van der Waals surface area contributed by atoms with Gasteiger partial charge < -0.3 is 10.4 Å². The van der Waals surface area contributed by atoms with Gasteiger partial charge in [0.2, 0.25) is 0 Å². The first-order chi connectivity index (χ1) is 9.15. The van der Waals surface area contributed by atoms with Crippen LogP contribution >= 0.6 is 15.9 Å². The molecule has 0 saturated heterocycles. The standard InChI is InChI=1S/C14H16BrN3O/c1-18-8-11(15)13(17-18)7-16-12-6-9-4-2-3-5-10(9)14(12)19/h2-5,8,12,14,16,19H,6-7H2,1H3/t12-,14-/m1/s1. The Kier molecular flexibility index (Phi) is 3.43. The Labute approximate surface area is 120 Å². The quantitative estimate of drug-likeness (QED) is 0.908. The molecule has 2 aromatic rings. The normalized spacial score (nSPS) is 21.6. The van der Waals surface area contributed by atoms with Crippen molar-refractivity contribution < 1.29 is 5.11 Å². The third-order valence-electron chi connectivity index (χ3n) is 3.58. The number of hydrogen-bond donors (Lipinski definition) is 2. The Hall–Kier alpha value is -1.17. The van der Waals surface area contributed by atoms with Crippen LogP contribution in [0.5, 0.6) is 0 Å². The first kappa shape index (κ1) is 12.8. The van der Waals surface area contributed by atoms with Gasteiger partial charge in [0.15, 0.2) is 0 Å². The summed E-state index contributed by atoms with van der Waals surface area (Å²) in [6, 6.07) is 8.13. The predicted octanol–water partition coefficient (Wildman–Crippen LogP) is 1.93. The van der Waals surface area contributed by atoms with Crippen LogP contribution in [0.25, 0.3) is 0 Å². The van der Waals surface area contributed by atoms with Crippen LogP contribution in [0.15, 0.2) is 34.9 Å². The van der Waals surface area contributed by atoms with Crippen LogP contribution in [0.1, 0.15) is 22.9 Å². The van der Waals surface area contributed by atoms with E-state index in [2.05, 4.69) is 32.4 Å². The first-order valence-corrected chi connectivity index (χ1v) is 7.11. The van der Waals surface area contributed by atoms with Crippen LogP contribution in [0.3, 0.4) is 0 Å². The van der Waals surface area contributed by atoms with Crippen LogP contribution in [0.4, 0.5) is 0 Å². The number of halogens is 1. The van der Waals surface area contributed by atoms with E-state index in [0.717, 1.165) is 22.2 Å². The van der Waals surface area contributed by atoms with E-state index in [1.165, 1.54) is 5.56 Å². The van der Waals surface area contributed by atoms with E-state index in [9.17, 15) is 5.11 Å². The van der Waals surface area contributed by atoms with Gasteiger partial charge in [0.1, 0.15) is 0 Å². The summed E-state index contributed by atoms with van der Waals surface area (Å²) in [5, 5.41) is 18.1. The molecule has 2 N–H and O–H groups in total. The van der Waals surface area contributed by atoms with E-state index in [1.807, 2.05) is 31.4 Å². The number of aliphatic hydroxyl groups excluding tert-OH is 1. The van der Waals surface area contributed by atoms with Gasteiger partial charge in [0, 0.05) is 25.8 Å². The molecule has 1 aliphatic rings. The summed E-state index contributed by atoms with van der Waals surface area (Å²) in [6.07, 6.45) is 2.36. The lowest BCUT2D eigenvalue weighted by molar-refractivity contribution is 0.141. The first-order valence-electron chi connectivity index (χ1n) is 6.32. The second-order valence-corrected chi connectivity index (χ2v) is 5.79. The molecule has 3 rings (SSSR count). The summed E-state index contributed by atoms with van der Waals surface area (Å²) < 4.78 is 2.77. The number of aromatic nitrogens is 2. The van der Waals surface area contributed by atoms with Crippen molar-refractivity contribution in [3.05, 3.63) is 51.8 Å². The number of fused-ring (bicyclic) bond motifs is 1. The van der Waals surface area contributed by atoms with Gasteiger partial charge in [-0.25, -0.2) is 0 Å². The van der Waals surface area contributed by atoms with Gasteiger partial charge in [-0.2, -0.15) is 5.10 Å². The molecule has 0 amide bonds. The summed E-state index contributed by atoms with van der Waals surface area (Å²) in [5.74, 6) is 0. The topological polar surface area (TPSA) is 50.1 Å². The fraction of sp³-hybridized carbons (Fsp3) is 0.357. The SMILES string of the molecule is Cn1cc(Br)c(CN[C@@H]2Cc3ccccc3[C@H]2O)n1. The van der Waals surface area contributed by atoms with Crippen molar-refractivity contribution in [2.75, 3.05) is 0 Å². The van der Waals surface area contributed by atoms with Gasteiger partial charge in [0.05, 0.1) is 16.3 Å². The van der Waals surface area contributed by atoms with Crippen molar-refractivity contribution in [2.24, 2.45) is 7.05 Å². The van der Waals surface area contributed by atoms with E-state index in [0.29, 0.717) is 6.54 Å². The smallest absolute Gasteiger partial charge is 0.0948 e. The van der Waals surface area contributed by atoms with Crippen LogP contribution in [0.2, 0.25) is 0 Å². The molecule has 100 valence electrons. The van der Waals surface area contributed by atoms with Gasteiger partial charge in [-0.05, 0) is 33.5 Å². The molecule has 1 aromatic carbocycles. The van der Waals surface area contributed by atoms with Gasteiger partial charge >= 0.3 is 0 Å². The van der Waals surface area contributed by atoms with E-state index in [1.54, 1.807) is 4.68 Å². The molecule has 5 heteroatoms. The van der Waals surface area contributed by atoms with Crippen LogP contribution in [-0.4, -0.2) is 20.9 Å². The number of rotatable bonds is 3. The Morgan fingerprint density at radius 2 is 2.26 bits per heavy atom. The van der Waals surface area contributed by atoms with Gasteiger partial charge in [-0.15, -0.1) is 0 Å². The molecule has 0 unspecified atom stereocenters. The second-order valence-electron chi connectivity index (χ2n) is 4.93. The Morgan fingerprint density at radius 3 is 2.95 bits per heavy atom. The molecular weight excluding hydrogens is 306 g/mol. The zero-order valence-corrected chi connectivity index (χ0v) is 12.3. The maximum atomic E-state index is 10.3. The van der Waals surface area contributed by atoms with E-state index in [4.69, 9.17) is 0 Å². The number of aliphatic hydroxyl groups is 1. The highest BCUT2D eigenvalue weighted by Gasteiger charge is 2.30. The fourth-order valence-electron chi connectivity index (χ4n) is 2.61. The summed E-state index contributed by atoms with van der Waals surface area (Å²) in [7, 11) is 1.90. The summed E-state index contributed by atoms with van der Waals surface area (Å²) in [5.41, 5.74) is 3.23. The molecule has 1 aliphatic carbocycles. The number of aryl methyl sites for hydroxylation is 1. The third-order valence-corrected chi connectivity index (χ3v) is 4.24. The van der Waals surface area contributed by atoms with Gasteiger partial charge in [-0.3, -0.25) is 4.68 Å². The van der Waals surface area contributed by atoms with Gasteiger partial charge in [0.25, 0.3) is 0 Å². The number of benzene rings is 1. The monoisotopic (exact) mass is 321 g/mol. The van der Waals surface area contributed by atoms with Crippen LogP contribution in [0, 0.1) is 0 Å². The third kappa shape index (κ3) is 2.45. The molecule has 2 atom stereocenters. The molecule has 19 heavy (non-hydrogen) atoms. The van der Waals surface area contributed by atoms with Crippen molar-refractivity contribution in [3.8, 4) is 0 Å². The number of nitrogens with zero attached hydrogens (tertiary/aromatic N) is 2. The highest BCUT2D eigenvalue weighted by molar-refractivity contribution is 9.10. The van der Waals surface area contributed by atoms with Crippen LogP contribution in [-0.2, 0) is 20.0 Å². The number of hydrogen-bond acceptors (Lipinski definition) is 3. The maximum Gasteiger partial charge on any atom is 0.0948 e. The summed E-state index contributed by atoms with van der Waals surface area (Å²) in [4.78, 5) is 0. The Morgan fingerprint density at radius 1 is 1.47 bits per heavy atom. The molecule has 0 spiro atoms. The number of nitrogens with one attached hydrogen (secondary N) is 1. The molecule has 0 radical (unpaired) electrons. The average molecular weight is 322 g/mol.